The molecule has 9 nitrogen and oxygen atoms in total. The zero-order chi connectivity index (χ0) is 23.9. The Balaban J connectivity index is 1.53. The van der Waals surface area contributed by atoms with Gasteiger partial charge in [-0.1, -0.05) is 46.0 Å². The van der Waals surface area contributed by atoms with E-state index >= 15 is 0 Å². The maximum atomic E-state index is 14.9. The zero-order valence-electron chi connectivity index (χ0n) is 16.8. The number of hydrogen-bond donors (Lipinski definition) is 1. The van der Waals surface area contributed by atoms with E-state index in [-0.39, 0.29) is 29.5 Å². The SMILES string of the molecule is C[C@H](C(N)=O)C1CN(c2ccc(-c3ccc(-c4noc(C(Cl)(Cl)Cl)n4)nc3)c(F)c2)C(=O)O1. The highest BCUT2D eigenvalue weighted by molar-refractivity contribution is 6.66. The molecule has 33 heavy (non-hydrogen) atoms. The summed E-state index contributed by atoms with van der Waals surface area (Å²) in [6, 6.07) is 7.45. The van der Waals surface area contributed by atoms with Gasteiger partial charge in [0.1, 0.15) is 17.6 Å². The standard InChI is InChI=1S/C20H15Cl3FN5O4/c1-9(16(25)30)15-8-29(19(31)32-15)11-3-4-12(13(24)6-11)10-2-5-14(26-7-10)17-27-18(33-28-17)20(21,22)23/h2-7,9,15H,8H2,1H3,(H2,25,30)/t9-,15?/m0/s1. The summed E-state index contributed by atoms with van der Waals surface area (Å²) in [5.74, 6) is -1.94. The van der Waals surface area contributed by atoms with E-state index in [4.69, 9.17) is 49.8 Å². The summed E-state index contributed by atoms with van der Waals surface area (Å²) in [7, 11) is 0. The molecular weight excluding hydrogens is 500 g/mol. The molecule has 0 aliphatic carbocycles. The normalized spacial score (nSPS) is 17.2. The Labute approximate surface area is 201 Å². The molecule has 0 radical (unpaired) electrons. The molecule has 2 aromatic heterocycles. The molecule has 2 atom stereocenters. The van der Waals surface area contributed by atoms with Gasteiger partial charge in [0, 0.05) is 17.3 Å². The first-order valence-corrected chi connectivity index (χ1v) is 10.6. The molecular formula is C20H15Cl3FN5O4. The molecule has 1 aromatic carbocycles. The summed E-state index contributed by atoms with van der Waals surface area (Å²) in [5, 5.41) is 3.71. The Morgan fingerprint density at radius 2 is 2.06 bits per heavy atom. The summed E-state index contributed by atoms with van der Waals surface area (Å²) in [6.45, 7) is 1.65. The van der Waals surface area contributed by atoms with Crippen LogP contribution in [0.25, 0.3) is 22.6 Å². The summed E-state index contributed by atoms with van der Waals surface area (Å²) in [6.07, 6.45) is 0.0373. The van der Waals surface area contributed by atoms with Crippen molar-refractivity contribution in [3.63, 3.8) is 0 Å². The lowest BCUT2D eigenvalue weighted by molar-refractivity contribution is -0.123. The van der Waals surface area contributed by atoms with Crippen molar-refractivity contribution < 1.29 is 23.2 Å². The van der Waals surface area contributed by atoms with Crippen LogP contribution in [0.1, 0.15) is 12.8 Å². The number of halogens is 4. The molecule has 2 amide bonds. The van der Waals surface area contributed by atoms with Crippen LogP contribution in [0.5, 0.6) is 0 Å². The summed E-state index contributed by atoms with van der Waals surface area (Å²) in [4.78, 5) is 33.0. The van der Waals surface area contributed by atoms with E-state index in [1.165, 1.54) is 23.2 Å². The number of aromatic nitrogens is 3. The van der Waals surface area contributed by atoms with Gasteiger partial charge in [-0.05, 0) is 31.2 Å². The number of hydrogen-bond acceptors (Lipinski definition) is 7. The summed E-state index contributed by atoms with van der Waals surface area (Å²) >= 11 is 17.1. The maximum Gasteiger partial charge on any atom is 0.414 e. The number of primary amides is 1. The van der Waals surface area contributed by atoms with Gasteiger partial charge in [0.2, 0.25) is 11.7 Å². The third-order valence-electron chi connectivity index (χ3n) is 5.08. The third kappa shape index (κ3) is 4.73. The fraction of sp³-hybridized carbons (Fsp3) is 0.250. The number of anilines is 1. The van der Waals surface area contributed by atoms with Gasteiger partial charge in [-0.25, -0.2) is 9.18 Å². The Bertz CT molecular complexity index is 1220. The van der Waals surface area contributed by atoms with Crippen LogP contribution in [-0.2, 0) is 13.3 Å². The zero-order valence-corrected chi connectivity index (χ0v) is 19.1. The highest BCUT2D eigenvalue weighted by atomic mass is 35.6. The Kier molecular flexibility index (Phi) is 6.17. The van der Waals surface area contributed by atoms with Crippen LogP contribution >= 0.6 is 34.8 Å². The minimum Gasteiger partial charge on any atom is -0.443 e. The Morgan fingerprint density at radius 3 is 2.64 bits per heavy atom. The van der Waals surface area contributed by atoms with Crippen LogP contribution in [0.4, 0.5) is 14.9 Å². The number of benzene rings is 1. The largest absolute Gasteiger partial charge is 0.443 e. The monoisotopic (exact) mass is 513 g/mol. The van der Waals surface area contributed by atoms with Crippen molar-refractivity contribution in [2.24, 2.45) is 11.7 Å². The van der Waals surface area contributed by atoms with Gasteiger partial charge >= 0.3 is 6.09 Å². The predicted octanol–water partition coefficient (Wildman–Crippen LogP) is 4.21. The average Bonchev–Trinajstić information content (AvgIpc) is 3.40. The molecule has 1 unspecified atom stereocenters. The smallest absolute Gasteiger partial charge is 0.414 e. The highest BCUT2D eigenvalue weighted by Crippen LogP contribution is 2.37. The molecule has 1 fully saturated rings. The maximum absolute atomic E-state index is 14.9. The van der Waals surface area contributed by atoms with E-state index in [2.05, 4.69) is 15.1 Å². The van der Waals surface area contributed by atoms with Crippen LogP contribution in [0.15, 0.2) is 41.1 Å². The van der Waals surface area contributed by atoms with Gasteiger partial charge in [-0.2, -0.15) is 4.98 Å². The molecule has 1 aliphatic rings. The first-order valence-electron chi connectivity index (χ1n) is 9.49. The molecule has 1 saturated heterocycles. The second-order valence-electron chi connectivity index (χ2n) is 7.24. The number of ether oxygens (including phenoxy) is 1. The Hall–Kier alpha value is -2.95. The molecule has 2 N–H and O–H groups in total. The number of carbonyl (C=O) groups excluding carboxylic acids is 2. The van der Waals surface area contributed by atoms with Crippen LogP contribution in [0.3, 0.4) is 0 Å². The fourth-order valence-electron chi connectivity index (χ4n) is 3.17. The van der Waals surface area contributed by atoms with E-state index in [1.807, 2.05) is 0 Å². The van der Waals surface area contributed by atoms with Gasteiger partial charge in [-0.15, -0.1) is 0 Å². The molecule has 172 valence electrons. The molecule has 13 heteroatoms. The van der Waals surface area contributed by atoms with Crippen LogP contribution in [0, 0.1) is 11.7 Å². The molecule has 0 saturated carbocycles. The average molecular weight is 515 g/mol. The van der Waals surface area contributed by atoms with E-state index in [1.54, 1.807) is 25.1 Å². The second kappa shape index (κ2) is 8.77. The lowest BCUT2D eigenvalue weighted by Gasteiger charge is -2.15. The van der Waals surface area contributed by atoms with Crippen molar-refractivity contribution in [1.29, 1.82) is 0 Å². The van der Waals surface area contributed by atoms with Gasteiger partial charge in [0.25, 0.3) is 9.68 Å². The van der Waals surface area contributed by atoms with Crippen molar-refractivity contribution in [3.8, 4) is 22.6 Å². The number of alkyl halides is 3. The minimum absolute atomic E-state index is 0.0822. The Morgan fingerprint density at radius 1 is 1.30 bits per heavy atom. The van der Waals surface area contributed by atoms with Gasteiger partial charge in [-0.3, -0.25) is 14.7 Å². The molecule has 1 aliphatic heterocycles. The second-order valence-corrected chi connectivity index (χ2v) is 9.52. The topological polar surface area (TPSA) is 124 Å². The van der Waals surface area contributed by atoms with E-state index in [0.717, 1.165) is 0 Å². The highest BCUT2D eigenvalue weighted by Gasteiger charge is 2.38. The van der Waals surface area contributed by atoms with Crippen molar-refractivity contribution >= 4 is 52.5 Å². The van der Waals surface area contributed by atoms with Crippen molar-refractivity contribution in [2.45, 2.75) is 16.8 Å². The van der Waals surface area contributed by atoms with E-state index in [0.29, 0.717) is 11.3 Å². The number of nitrogens with zero attached hydrogens (tertiary/aromatic N) is 4. The summed E-state index contributed by atoms with van der Waals surface area (Å²) in [5.41, 5.74) is 6.61. The van der Waals surface area contributed by atoms with Crippen molar-refractivity contribution in [2.75, 3.05) is 11.4 Å². The lowest BCUT2D eigenvalue weighted by atomic mass is 10.0. The quantitative estimate of drug-likeness (QED) is 0.506. The molecule has 3 aromatic rings. The predicted molar refractivity (Wildman–Crippen MR) is 118 cm³/mol. The minimum atomic E-state index is -1.87. The van der Waals surface area contributed by atoms with Gasteiger partial charge < -0.3 is 15.0 Å². The van der Waals surface area contributed by atoms with E-state index < -0.39 is 33.6 Å². The van der Waals surface area contributed by atoms with Crippen molar-refractivity contribution in [3.05, 3.63) is 48.2 Å². The molecule has 0 bridgehead atoms. The number of cyclic esters (lactones) is 1. The fourth-order valence-corrected chi connectivity index (χ4v) is 3.40. The first-order chi connectivity index (χ1) is 15.5. The van der Waals surface area contributed by atoms with Gasteiger partial charge in [0.15, 0.2) is 0 Å². The third-order valence-corrected chi connectivity index (χ3v) is 5.56. The van der Waals surface area contributed by atoms with Crippen LogP contribution in [-0.4, -0.2) is 39.8 Å². The number of carbonyl (C=O) groups is 2. The number of pyridine rings is 1. The molecule has 0 spiro atoms. The lowest BCUT2D eigenvalue weighted by Crippen LogP contribution is -2.34. The summed E-state index contributed by atoms with van der Waals surface area (Å²) < 4.78 is 23.1. The number of nitrogens with two attached hydrogens (primary N) is 1. The van der Waals surface area contributed by atoms with Crippen LogP contribution < -0.4 is 10.6 Å². The van der Waals surface area contributed by atoms with Gasteiger partial charge in [0.05, 0.1) is 18.2 Å². The number of amides is 2. The first kappa shape index (κ1) is 23.2. The molecule has 4 rings (SSSR count). The van der Waals surface area contributed by atoms with Crippen molar-refractivity contribution in [1.82, 2.24) is 15.1 Å². The van der Waals surface area contributed by atoms with Crippen LogP contribution in [0.2, 0.25) is 0 Å². The molecule has 3 heterocycles. The number of rotatable bonds is 5. The van der Waals surface area contributed by atoms with E-state index in [9.17, 15) is 14.0 Å².